The molecule has 72 valence electrons. The van der Waals surface area contributed by atoms with Gasteiger partial charge in [-0.15, -0.1) is 4.89 Å². The Morgan fingerprint density at radius 1 is 1.58 bits per heavy atom. The van der Waals surface area contributed by atoms with Crippen LogP contribution in [0.3, 0.4) is 0 Å². The van der Waals surface area contributed by atoms with Gasteiger partial charge < -0.3 is 4.89 Å². The summed E-state index contributed by atoms with van der Waals surface area (Å²) in [6, 6.07) is 0. The third-order valence-corrected chi connectivity index (χ3v) is 3.59. The Bertz CT molecular complexity index is 202. The zero-order valence-corrected chi connectivity index (χ0v) is 8.79. The Hall–Kier alpha value is 0.210. The van der Waals surface area contributed by atoms with Crippen LogP contribution in [0, 0.1) is 5.92 Å². The van der Waals surface area contributed by atoms with Gasteiger partial charge in [0.25, 0.3) is 0 Å². The molecule has 2 N–H and O–H groups in total. The molecule has 0 bridgehead atoms. The molecule has 0 saturated carbocycles. The highest BCUT2D eigenvalue weighted by atomic mass is 31.2. The fraction of sp³-hybridized carbons (Fsp3) is 1.00. The van der Waals surface area contributed by atoms with Crippen LogP contribution in [-0.4, -0.2) is 15.9 Å². The topological polar surface area (TPSA) is 83.8 Å². The molecule has 0 rings (SSSR count). The van der Waals surface area contributed by atoms with Crippen LogP contribution in [0.2, 0.25) is 0 Å². The second-order valence-electron chi connectivity index (χ2n) is 2.86. The van der Waals surface area contributed by atoms with Crippen molar-refractivity contribution >= 4 is 15.9 Å². The van der Waals surface area contributed by atoms with E-state index in [0.29, 0.717) is 6.42 Å². The standard InChI is InChI=1S/C5H12O5P2/c1-5(2)3-4-12(8,9)10-11(6)7/h5H,3-4H2,1-2H3,(H-,6,7,8,9)/p+1. The molecule has 0 aromatic heterocycles. The van der Waals surface area contributed by atoms with Crippen LogP contribution < -0.4 is 0 Å². The fourth-order valence-electron chi connectivity index (χ4n) is 0.571. The first kappa shape index (κ1) is 12.2. The Kier molecular flexibility index (Phi) is 5.14. The molecule has 0 aliphatic carbocycles. The lowest BCUT2D eigenvalue weighted by atomic mass is 10.2. The highest BCUT2D eigenvalue weighted by Gasteiger charge is 2.32. The van der Waals surface area contributed by atoms with Crippen molar-refractivity contribution in [3.8, 4) is 0 Å². The minimum Gasteiger partial charge on any atom is -0.322 e. The quantitative estimate of drug-likeness (QED) is 0.684. The van der Waals surface area contributed by atoms with Gasteiger partial charge in [0.1, 0.15) is 0 Å². The Morgan fingerprint density at radius 3 is 2.42 bits per heavy atom. The maximum Gasteiger partial charge on any atom is 0.703 e. The lowest BCUT2D eigenvalue weighted by Crippen LogP contribution is -1.95. The molecule has 0 saturated heterocycles. The van der Waals surface area contributed by atoms with Gasteiger partial charge in [0, 0.05) is 4.57 Å². The van der Waals surface area contributed by atoms with E-state index in [1.807, 2.05) is 13.8 Å². The van der Waals surface area contributed by atoms with E-state index in [1.54, 1.807) is 0 Å². The molecule has 0 spiro atoms. The normalized spacial score (nSPS) is 17.6. The summed E-state index contributed by atoms with van der Waals surface area (Å²) in [6.45, 7) is 3.78. The lowest BCUT2D eigenvalue weighted by Gasteiger charge is -2.05. The van der Waals surface area contributed by atoms with Crippen molar-refractivity contribution in [1.82, 2.24) is 0 Å². The van der Waals surface area contributed by atoms with Crippen LogP contribution in [-0.2, 0) is 13.4 Å². The van der Waals surface area contributed by atoms with E-state index in [0.717, 1.165) is 0 Å². The van der Waals surface area contributed by atoms with Crippen molar-refractivity contribution in [2.75, 3.05) is 6.16 Å². The lowest BCUT2D eigenvalue weighted by molar-refractivity contribution is 0.347. The van der Waals surface area contributed by atoms with Crippen molar-refractivity contribution in [2.24, 2.45) is 5.92 Å². The summed E-state index contributed by atoms with van der Waals surface area (Å²) in [4.78, 5) is 17.1. The maximum atomic E-state index is 10.9. The molecule has 0 fully saturated rings. The van der Waals surface area contributed by atoms with Gasteiger partial charge >= 0.3 is 15.9 Å². The predicted octanol–water partition coefficient (Wildman–Crippen LogP) is 1.88. The monoisotopic (exact) mass is 215 g/mol. The minimum atomic E-state index is -3.84. The summed E-state index contributed by atoms with van der Waals surface area (Å²) in [5, 5.41) is 0. The van der Waals surface area contributed by atoms with Gasteiger partial charge in [-0.3, -0.25) is 4.57 Å². The molecule has 2 atom stereocenters. The van der Waals surface area contributed by atoms with E-state index in [2.05, 4.69) is 4.31 Å². The molecule has 0 aromatic rings. The first-order valence-electron chi connectivity index (χ1n) is 3.51. The summed E-state index contributed by atoms with van der Waals surface area (Å²) in [5.74, 6) is 0.269. The average Bonchev–Trinajstić information content (AvgIpc) is 1.81. The molecule has 12 heavy (non-hydrogen) atoms. The largest absolute Gasteiger partial charge is 0.703 e. The summed E-state index contributed by atoms with van der Waals surface area (Å²) in [5.41, 5.74) is 0. The molecule has 2 unspecified atom stereocenters. The molecule has 0 aliphatic heterocycles. The zero-order chi connectivity index (χ0) is 9.78. The molecule has 0 radical (unpaired) electrons. The van der Waals surface area contributed by atoms with Crippen LogP contribution in [0.4, 0.5) is 0 Å². The van der Waals surface area contributed by atoms with Crippen LogP contribution >= 0.6 is 15.9 Å². The van der Waals surface area contributed by atoms with Gasteiger partial charge in [-0.2, -0.15) is 0 Å². The molecular formula is C5H13O5P2+. The van der Waals surface area contributed by atoms with Gasteiger partial charge in [-0.25, -0.2) is 0 Å². The van der Waals surface area contributed by atoms with Crippen molar-refractivity contribution in [1.29, 1.82) is 0 Å². The Labute approximate surface area is 72.2 Å². The van der Waals surface area contributed by atoms with Crippen molar-refractivity contribution in [2.45, 2.75) is 20.3 Å². The molecule has 5 nitrogen and oxygen atoms in total. The van der Waals surface area contributed by atoms with Gasteiger partial charge in [0.15, 0.2) is 0 Å². The number of hydrogen-bond acceptors (Lipinski definition) is 3. The SMILES string of the molecule is CC(C)CCP(=O)(O)O[P+](=O)O. The average molecular weight is 215 g/mol. The third kappa shape index (κ3) is 6.89. The molecular weight excluding hydrogens is 202 g/mol. The van der Waals surface area contributed by atoms with Gasteiger partial charge in [0.2, 0.25) is 0 Å². The zero-order valence-electron chi connectivity index (χ0n) is 7.01. The van der Waals surface area contributed by atoms with Gasteiger partial charge in [-0.05, 0) is 16.6 Å². The summed E-state index contributed by atoms with van der Waals surface area (Å²) >= 11 is 0. The Morgan fingerprint density at radius 2 is 2.08 bits per heavy atom. The van der Waals surface area contributed by atoms with E-state index < -0.39 is 15.9 Å². The predicted molar refractivity (Wildman–Crippen MR) is 45.1 cm³/mol. The molecule has 7 heteroatoms. The van der Waals surface area contributed by atoms with Gasteiger partial charge in [-0.1, -0.05) is 13.8 Å². The fourth-order valence-corrected chi connectivity index (χ4v) is 2.61. The van der Waals surface area contributed by atoms with Crippen LogP contribution in [0.25, 0.3) is 0 Å². The first-order valence-corrected chi connectivity index (χ1v) is 6.40. The molecule has 0 aliphatic rings. The summed E-state index contributed by atoms with van der Waals surface area (Å²) < 4.78 is 24.9. The second-order valence-corrected chi connectivity index (χ2v) is 5.71. The van der Waals surface area contributed by atoms with E-state index >= 15 is 0 Å². The smallest absolute Gasteiger partial charge is 0.322 e. The summed E-state index contributed by atoms with van der Waals surface area (Å²) in [6.07, 6.45) is 0.420. The molecule has 0 amide bonds. The van der Waals surface area contributed by atoms with Crippen LogP contribution in [0.1, 0.15) is 20.3 Å². The second kappa shape index (κ2) is 5.05. The number of hydrogen-bond donors (Lipinski definition) is 2. The summed E-state index contributed by atoms with van der Waals surface area (Å²) in [7, 11) is -6.82. The van der Waals surface area contributed by atoms with Crippen LogP contribution in [0.15, 0.2) is 0 Å². The first-order chi connectivity index (χ1) is 5.33. The minimum absolute atomic E-state index is 0.0771. The van der Waals surface area contributed by atoms with E-state index in [1.165, 1.54) is 0 Å². The van der Waals surface area contributed by atoms with Gasteiger partial charge in [0.05, 0.1) is 6.16 Å². The molecule has 0 aromatic carbocycles. The maximum absolute atomic E-state index is 10.9. The van der Waals surface area contributed by atoms with Crippen LogP contribution in [0.5, 0.6) is 0 Å². The van der Waals surface area contributed by atoms with E-state index in [-0.39, 0.29) is 12.1 Å². The highest BCUT2D eigenvalue weighted by molar-refractivity contribution is 7.59. The van der Waals surface area contributed by atoms with Crippen molar-refractivity contribution < 1.29 is 23.2 Å². The Balaban J connectivity index is 3.88. The van der Waals surface area contributed by atoms with Crippen molar-refractivity contribution in [3.63, 3.8) is 0 Å². The van der Waals surface area contributed by atoms with E-state index in [4.69, 9.17) is 9.79 Å². The highest BCUT2D eigenvalue weighted by Crippen LogP contribution is 2.50. The number of rotatable bonds is 5. The van der Waals surface area contributed by atoms with E-state index in [9.17, 15) is 9.13 Å². The third-order valence-electron chi connectivity index (χ3n) is 1.19. The molecule has 0 heterocycles. The van der Waals surface area contributed by atoms with Crippen molar-refractivity contribution in [3.05, 3.63) is 0 Å².